The van der Waals surface area contributed by atoms with Gasteiger partial charge in [0.25, 0.3) is 0 Å². The Balaban J connectivity index is 1.77. The Hall–Kier alpha value is -1.96. The molecule has 0 spiro atoms. The summed E-state index contributed by atoms with van der Waals surface area (Å²) in [5, 5.41) is 14.2. The van der Waals surface area contributed by atoms with E-state index in [0.29, 0.717) is 12.1 Å². The average Bonchev–Trinajstić information content (AvgIpc) is 3.18. The monoisotopic (exact) mass is 593 g/mol. The summed E-state index contributed by atoms with van der Waals surface area (Å²) in [6.45, 7) is 2.16. The van der Waals surface area contributed by atoms with Crippen molar-refractivity contribution in [1.29, 1.82) is 0 Å². The average molecular weight is 593 g/mol. The molecule has 0 amide bonds. The lowest BCUT2D eigenvalue weighted by molar-refractivity contribution is 0.0365. The molecule has 2 aromatic carbocycles. The fourth-order valence-electron chi connectivity index (χ4n) is 3.49. The first-order valence-electron chi connectivity index (χ1n) is 10.3. The zero-order valence-electron chi connectivity index (χ0n) is 18.0. The number of nitrogens with one attached hydrogen (secondary N) is 2. The second-order valence-electron chi connectivity index (χ2n) is 7.65. The van der Waals surface area contributed by atoms with Crippen LogP contribution in [0.1, 0.15) is 18.1 Å². The lowest BCUT2D eigenvalue weighted by Gasteiger charge is -2.34. The van der Waals surface area contributed by atoms with E-state index in [9.17, 15) is 22.3 Å². The van der Waals surface area contributed by atoms with E-state index in [-0.39, 0.29) is 31.3 Å². The van der Waals surface area contributed by atoms with Crippen LogP contribution >= 0.6 is 22.6 Å². The highest BCUT2D eigenvalue weighted by Gasteiger charge is 2.32. The number of aliphatic hydroxyl groups is 1. The standard InChI is InChI=1S/C22H26F2IN3O4S/c1-2-33(30,31)27-22-13-32-14-28(22)20(9-16-6-17(23)10-18(24)7-16)21(29)12-26-11-15-4-3-5-19(25)8-15/h3-8,10,13,20-21,26-27,29H,2,9,11-12,14H2,1H3/t20-,21+/m0/s1. The van der Waals surface area contributed by atoms with Gasteiger partial charge in [0.2, 0.25) is 10.0 Å². The molecule has 7 nitrogen and oxygen atoms in total. The first-order chi connectivity index (χ1) is 15.7. The van der Waals surface area contributed by atoms with Crippen molar-refractivity contribution in [3.8, 4) is 0 Å². The maximum Gasteiger partial charge on any atom is 0.233 e. The van der Waals surface area contributed by atoms with Crippen LogP contribution in [0.5, 0.6) is 0 Å². The molecule has 0 unspecified atom stereocenters. The van der Waals surface area contributed by atoms with Crippen LogP contribution in [0.3, 0.4) is 0 Å². The number of nitrogens with zero attached hydrogens (tertiary/aromatic N) is 1. The normalized spacial score (nSPS) is 15.7. The molecule has 3 rings (SSSR count). The number of ether oxygens (including phenoxy) is 1. The smallest absolute Gasteiger partial charge is 0.233 e. The minimum absolute atomic E-state index is 0.0159. The van der Waals surface area contributed by atoms with E-state index in [1.165, 1.54) is 25.3 Å². The first kappa shape index (κ1) is 25.7. The van der Waals surface area contributed by atoms with Gasteiger partial charge in [-0.3, -0.25) is 4.72 Å². The number of halogens is 3. The number of hydrogen-bond donors (Lipinski definition) is 3. The van der Waals surface area contributed by atoms with E-state index in [0.717, 1.165) is 15.2 Å². The van der Waals surface area contributed by atoms with Gasteiger partial charge in [-0.05, 0) is 71.3 Å². The quantitative estimate of drug-likeness (QED) is 0.348. The molecule has 3 N–H and O–H groups in total. The molecule has 1 heterocycles. The van der Waals surface area contributed by atoms with E-state index in [2.05, 4.69) is 32.6 Å². The maximum atomic E-state index is 13.8. The summed E-state index contributed by atoms with van der Waals surface area (Å²) in [6, 6.07) is 10.3. The number of aliphatic hydroxyl groups excluding tert-OH is 1. The largest absolute Gasteiger partial charge is 0.477 e. The van der Waals surface area contributed by atoms with E-state index in [4.69, 9.17) is 4.74 Å². The number of hydrogen-bond acceptors (Lipinski definition) is 6. The molecule has 2 aromatic rings. The Labute approximate surface area is 206 Å². The number of rotatable bonds is 11. The van der Waals surface area contributed by atoms with Crippen LogP contribution in [0.25, 0.3) is 0 Å². The molecule has 0 aromatic heterocycles. The fourth-order valence-corrected chi connectivity index (χ4v) is 4.73. The van der Waals surface area contributed by atoms with E-state index >= 15 is 0 Å². The van der Waals surface area contributed by atoms with Crippen LogP contribution in [0, 0.1) is 15.2 Å². The van der Waals surface area contributed by atoms with Crippen LogP contribution in [0.2, 0.25) is 0 Å². The molecular formula is C22H26F2IN3O4S. The number of benzene rings is 2. The summed E-state index contributed by atoms with van der Waals surface area (Å²) in [6.07, 6.45) is 0.323. The SMILES string of the molecule is CCS(=O)(=O)NC1=COCN1[C@@H](Cc1cc(F)cc(F)c1)[C@H](O)CNCc1cccc(I)c1. The molecule has 180 valence electrons. The van der Waals surface area contributed by atoms with Gasteiger partial charge in [-0.15, -0.1) is 0 Å². The molecule has 0 fully saturated rings. The zero-order chi connectivity index (χ0) is 24.0. The molecule has 1 aliphatic heterocycles. The van der Waals surface area contributed by atoms with E-state index in [1.807, 2.05) is 24.3 Å². The van der Waals surface area contributed by atoms with E-state index in [1.54, 1.807) is 4.90 Å². The van der Waals surface area contributed by atoms with Crippen molar-refractivity contribution < 1.29 is 27.0 Å². The second-order valence-corrected chi connectivity index (χ2v) is 10.9. The molecular weight excluding hydrogens is 567 g/mol. The summed E-state index contributed by atoms with van der Waals surface area (Å²) in [4.78, 5) is 1.55. The molecule has 0 bridgehead atoms. The van der Waals surface area contributed by atoms with Crippen molar-refractivity contribution >= 4 is 32.6 Å². The van der Waals surface area contributed by atoms with Crippen LogP contribution in [0.15, 0.2) is 54.5 Å². The van der Waals surface area contributed by atoms with Crippen LogP contribution < -0.4 is 10.0 Å². The summed E-state index contributed by atoms with van der Waals surface area (Å²) in [7, 11) is -3.60. The number of sulfonamides is 1. The minimum Gasteiger partial charge on any atom is -0.477 e. The van der Waals surface area contributed by atoms with Gasteiger partial charge in [-0.1, -0.05) is 12.1 Å². The van der Waals surface area contributed by atoms with E-state index < -0.39 is 33.8 Å². The van der Waals surface area contributed by atoms with Crippen LogP contribution in [-0.4, -0.2) is 49.6 Å². The highest BCUT2D eigenvalue weighted by atomic mass is 127. The van der Waals surface area contributed by atoms with Crippen LogP contribution in [0.4, 0.5) is 8.78 Å². The third kappa shape index (κ3) is 7.52. The van der Waals surface area contributed by atoms with Crippen molar-refractivity contribution in [3.05, 3.63) is 80.9 Å². The Morgan fingerprint density at radius 3 is 2.58 bits per heavy atom. The summed E-state index contributed by atoms with van der Waals surface area (Å²) in [5.41, 5.74) is 1.37. The lowest BCUT2D eigenvalue weighted by Crippen LogP contribution is -2.50. The maximum absolute atomic E-state index is 13.8. The Bertz CT molecular complexity index is 1080. The summed E-state index contributed by atoms with van der Waals surface area (Å²) in [5.74, 6) is -1.43. The van der Waals surface area contributed by atoms with Gasteiger partial charge in [-0.25, -0.2) is 17.2 Å². The van der Waals surface area contributed by atoms with Gasteiger partial charge >= 0.3 is 0 Å². The van der Waals surface area contributed by atoms with Crippen molar-refractivity contribution in [2.75, 3.05) is 19.0 Å². The molecule has 2 atom stereocenters. The predicted molar refractivity (Wildman–Crippen MR) is 129 cm³/mol. The van der Waals surface area contributed by atoms with Gasteiger partial charge in [-0.2, -0.15) is 0 Å². The van der Waals surface area contributed by atoms with Crippen molar-refractivity contribution in [2.24, 2.45) is 0 Å². The van der Waals surface area contributed by atoms with Crippen molar-refractivity contribution in [2.45, 2.75) is 32.0 Å². The van der Waals surface area contributed by atoms with Gasteiger partial charge in [0.05, 0.1) is 17.9 Å². The lowest BCUT2D eigenvalue weighted by atomic mass is 9.99. The molecule has 0 saturated heterocycles. The van der Waals surface area contributed by atoms with Gasteiger partial charge in [0.1, 0.15) is 17.9 Å². The topological polar surface area (TPSA) is 90.9 Å². The highest BCUT2D eigenvalue weighted by molar-refractivity contribution is 14.1. The molecule has 33 heavy (non-hydrogen) atoms. The Morgan fingerprint density at radius 1 is 1.18 bits per heavy atom. The minimum atomic E-state index is -3.60. The van der Waals surface area contributed by atoms with Gasteiger partial charge < -0.3 is 20.1 Å². The fraction of sp³-hybridized carbons (Fsp3) is 0.364. The summed E-state index contributed by atoms with van der Waals surface area (Å²) >= 11 is 2.22. The first-order valence-corrected chi connectivity index (χ1v) is 13.1. The Morgan fingerprint density at radius 2 is 1.91 bits per heavy atom. The van der Waals surface area contributed by atoms with Crippen molar-refractivity contribution in [3.63, 3.8) is 0 Å². The molecule has 0 saturated carbocycles. The Kier molecular flexibility index (Phi) is 8.90. The van der Waals surface area contributed by atoms with Crippen LogP contribution in [-0.2, 0) is 27.7 Å². The van der Waals surface area contributed by atoms with Gasteiger partial charge in [0, 0.05) is 22.7 Å². The molecule has 1 aliphatic rings. The molecule has 0 radical (unpaired) electrons. The molecule has 11 heteroatoms. The third-order valence-corrected chi connectivity index (χ3v) is 7.09. The molecule has 0 aliphatic carbocycles. The second kappa shape index (κ2) is 11.4. The highest BCUT2D eigenvalue weighted by Crippen LogP contribution is 2.22. The zero-order valence-corrected chi connectivity index (χ0v) is 20.9. The predicted octanol–water partition coefficient (Wildman–Crippen LogP) is 2.66. The third-order valence-electron chi connectivity index (χ3n) is 5.14. The van der Waals surface area contributed by atoms with Crippen molar-refractivity contribution in [1.82, 2.24) is 14.9 Å². The van der Waals surface area contributed by atoms with Gasteiger partial charge in [0.15, 0.2) is 12.6 Å². The summed E-state index contributed by atoms with van der Waals surface area (Å²) < 4.78 is 60.6.